The largest absolute Gasteiger partial charge is 0.469 e. The van der Waals surface area contributed by atoms with Crippen molar-refractivity contribution in [2.45, 2.75) is 58.8 Å². The molecule has 3 aliphatic rings. The van der Waals surface area contributed by atoms with Gasteiger partial charge in [-0.25, -0.2) is 4.79 Å². The van der Waals surface area contributed by atoms with Gasteiger partial charge < -0.3 is 9.47 Å². The molecule has 4 atom stereocenters. The minimum atomic E-state index is -0.396. The van der Waals surface area contributed by atoms with Crippen molar-refractivity contribution >= 4 is 11.9 Å². The molecule has 1 aliphatic heterocycles. The van der Waals surface area contributed by atoms with E-state index in [-0.39, 0.29) is 17.4 Å². The smallest absolute Gasteiger partial charge is 0.331 e. The Balaban J connectivity index is 1.83. The summed E-state index contributed by atoms with van der Waals surface area (Å²) >= 11 is 0. The van der Waals surface area contributed by atoms with Crippen LogP contribution in [0.4, 0.5) is 0 Å². The number of allylic oxidation sites excluding steroid dienone is 1. The Hall–Kier alpha value is -1.58. The molecule has 0 N–H and O–H groups in total. The van der Waals surface area contributed by atoms with Gasteiger partial charge in [0, 0.05) is 6.08 Å². The number of hydrogen-bond acceptors (Lipinski definition) is 4. The highest BCUT2D eigenvalue weighted by Gasteiger charge is 2.57. The number of cyclic esters (lactones) is 1. The summed E-state index contributed by atoms with van der Waals surface area (Å²) in [5, 5.41) is 0. The molecule has 0 unspecified atom stereocenters. The molecule has 0 saturated heterocycles. The lowest BCUT2D eigenvalue weighted by molar-refractivity contribution is -0.168. The van der Waals surface area contributed by atoms with E-state index in [1.807, 2.05) is 0 Å². The Kier molecular flexibility index (Phi) is 4.82. The van der Waals surface area contributed by atoms with Crippen LogP contribution >= 0.6 is 0 Å². The molecule has 0 amide bonds. The van der Waals surface area contributed by atoms with E-state index < -0.39 is 5.41 Å². The van der Waals surface area contributed by atoms with E-state index in [0.29, 0.717) is 18.4 Å². The van der Waals surface area contributed by atoms with Gasteiger partial charge in [-0.2, -0.15) is 0 Å². The zero-order chi connectivity index (χ0) is 18.2. The van der Waals surface area contributed by atoms with Crippen molar-refractivity contribution in [1.82, 2.24) is 0 Å². The first-order chi connectivity index (χ1) is 11.8. The van der Waals surface area contributed by atoms with Crippen LogP contribution < -0.4 is 0 Å². The SMILES string of the molecule is C=C1CC[C@@H]2[C@](C)(CCC[C@]2(C)C(=O)OC)[C@H]1CCC1=CC(=O)OC1. The summed E-state index contributed by atoms with van der Waals surface area (Å²) in [7, 11) is 1.50. The van der Waals surface area contributed by atoms with Crippen molar-refractivity contribution in [2.75, 3.05) is 13.7 Å². The highest BCUT2D eigenvalue weighted by Crippen LogP contribution is 2.62. The van der Waals surface area contributed by atoms with Gasteiger partial charge in [0.15, 0.2) is 0 Å². The summed E-state index contributed by atoms with van der Waals surface area (Å²) in [6, 6.07) is 0. The lowest BCUT2D eigenvalue weighted by Crippen LogP contribution is -2.53. The Morgan fingerprint density at radius 2 is 2.16 bits per heavy atom. The van der Waals surface area contributed by atoms with Crippen LogP contribution in [0.2, 0.25) is 0 Å². The van der Waals surface area contributed by atoms with Gasteiger partial charge in [0.2, 0.25) is 0 Å². The van der Waals surface area contributed by atoms with E-state index in [0.717, 1.165) is 50.5 Å². The molecule has 2 aliphatic carbocycles. The molecule has 0 aromatic heterocycles. The van der Waals surface area contributed by atoms with E-state index in [4.69, 9.17) is 9.47 Å². The fourth-order valence-corrected chi connectivity index (χ4v) is 5.85. The van der Waals surface area contributed by atoms with Gasteiger partial charge in [0.1, 0.15) is 6.61 Å². The van der Waals surface area contributed by atoms with Crippen LogP contribution in [0.1, 0.15) is 58.8 Å². The molecular weight excluding hydrogens is 316 g/mol. The Bertz CT molecular complexity index is 619. The monoisotopic (exact) mass is 346 g/mol. The van der Waals surface area contributed by atoms with E-state index in [1.54, 1.807) is 6.08 Å². The fraction of sp³-hybridized carbons (Fsp3) is 0.714. The summed E-state index contributed by atoms with van der Waals surface area (Å²) in [5.74, 6) is 0.420. The van der Waals surface area contributed by atoms with Gasteiger partial charge in [-0.1, -0.05) is 25.5 Å². The Morgan fingerprint density at radius 1 is 1.40 bits per heavy atom. The summed E-state index contributed by atoms with van der Waals surface area (Å²) in [6.45, 7) is 9.24. The number of carbonyl (C=O) groups is 2. The van der Waals surface area contributed by atoms with Gasteiger partial charge in [0.05, 0.1) is 12.5 Å². The number of esters is 2. The standard InChI is InChI=1S/C21H30O4/c1-14-6-9-17-20(2,10-5-11-21(17,3)19(23)24-4)16(14)8-7-15-12-18(22)25-13-15/h12,16-17H,1,5-11,13H2,2-4H3/t16-,17+,20+,21-/m0/s1. The topological polar surface area (TPSA) is 52.6 Å². The molecule has 138 valence electrons. The lowest BCUT2D eigenvalue weighted by atomic mass is 9.46. The number of rotatable bonds is 4. The molecule has 2 saturated carbocycles. The predicted octanol–water partition coefficient (Wildman–Crippen LogP) is 4.20. The van der Waals surface area contributed by atoms with Crippen LogP contribution in [0.25, 0.3) is 0 Å². The summed E-state index contributed by atoms with van der Waals surface area (Å²) in [6.07, 6.45) is 8.55. The second-order valence-corrected chi connectivity index (χ2v) is 8.52. The highest BCUT2D eigenvalue weighted by atomic mass is 16.5. The van der Waals surface area contributed by atoms with Crippen LogP contribution in [-0.4, -0.2) is 25.7 Å². The maximum Gasteiger partial charge on any atom is 0.331 e. The third-order valence-corrected chi connectivity index (χ3v) is 7.15. The first kappa shape index (κ1) is 18.2. The van der Waals surface area contributed by atoms with E-state index in [1.165, 1.54) is 12.7 Å². The van der Waals surface area contributed by atoms with Crippen LogP contribution in [-0.2, 0) is 19.1 Å². The molecule has 2 fully saturated rings. The minimum Gasteiger partial charge on any atom is -0.469 e. The Labute approximate surface area is 150 Å². The average Bonchev–Trinajstić information content (AvgIpc) is 2.98. The molecule has 1 heterocycles. The zero-order valence-electron chi connectivity index (χ0n) is 15.7. The van der Waals surface area contributed by atoms with Crippen molar-refractivity contribution in [2.24, 2.45) is 22.7 Å². The molecule has 0 radical (unpaired) electrons. The van der Waals surface area contributed by atoms with Crippen LogP contribution in [0.5, 0.6) is 0 Å². The van der Waals surface area contributed by atoms with Crippen molar-refractivity contribution < 1.29 is 19.1 Å². The van der Waals surface area contributed by atoms with Crippen molar-refractivity contribution in [3.05, 3.63) is 23.8 Å². The fourth-order valence-electron chi connectivity index (χ4n) is 5.85. The first-order valence-electron chi connectivity index (χ1n) is 9.43. The van der Waals surface area contributed by atoms with Crippen molar-refractivity contribution in [3.63, 3.8) is 0 Å². The number of ether oxygens (including phenoxy) is 2. The quantitative estimate of drug-likeness (QED) is 0.565. The van der Waals surface area contributed by atoms with E-state index in [9.17, 15) is 9.59 Å². The molecule has 25 heavy (non-hydrogen) atoms. The van der Waals surface area contributed by atoms with Gasteiger partial charge in [0.25, 0.3) is 0 Å². The summed E-state index contributed by atoms with van der Waals surface area (Å²) < 4.78 is 10.2. The molecule has 4 nitrogen and oxygen atoms in total. The van der Waals surface area contributed by atoms with Crippen molar-refractivity contribution in [3.8, 4) is 0 Å². The molecule has 3 rings (SSSR count). The Morgan fingerprint density at radius 3 is 2.80 bits per heavy atom. The highest BCUT2D eigenvalue weighted by molar-refractivity contribution is 5.85. The van der Waals surface area contributed by atoms with Gasteiger partial charge in [-0.15, -0.1) is 0 Å². The van der Waals surface area contributed by atoms with Gasteiger partial charge in [-0.05, 0) is 68.3 Å². The zero-order valence-corrected chi connectivity index (χ0v) is 15.7. The molecule has 0 aromatic rings. The van der Waals surface area contributed by atoms with E-state index >= 15 is 0 Å². The predicted molar refractivity (Wildman–Crippen MR) is 95.7 cm³/mol. The molecule has 4 heteroatoms. The second kappa shape index (κ2) is 6.62. The summed E-state index contributed by atoms with van der Waals surface area (Å²) in [4.78, 5) is 23.9. The van der Waals surface area contributed by atoms with Gasteiger partial charge >= 0.3 is 11.9 Å². The number of fused-ring (bicyclic) bond motifs is 1. The van der Waals surface area contributed by atoms with E-state index in [2.05, 4.69) is 20.4 Å². The van der Waals surface area contributed by atoms with Crippen LogP contribution in [0.3, 0.4) is 0 Å². The number of methoxy groups -OCH3 is 1. The lowest BCUT2D eigenvalue weighted by Gasteiger charge is -2.57. The number of hydrogen-bond donors (Lipinski definition) is 0. The first-order valence-corrected chi connectivity index (χ1v) is 9.43. The molecule has 0 spiro atoms. The van der Waals surface area contributed by atoms with Crippen LogP contribution in [0.15, 0.2) is 23.8 Å². The third kappa shape index (κ3) is 3.04. The van der Waals surface area contributed by atoms with Crippen LogP contribution in [0, 0.1) is 22.7 Å². The average molecular weight is 346 g/mol. The maximum atomic E-state index is 12.6. The second-order valence-electron chi connectivity index (χ2n) is 8.52. The maximum absolute atomic E-state index is 12.6. The minimum absolute atomic E-state index is 0.0628. The molecular formula is C21H30O4. The molecule has 0 bridgehead atoms. The molecule has 0 aromatic carbocycles. The van der Waals surface area contributed by atoms with Gasteiger partial charge in [-0.3, -0.25) is 4.79 Å². The van der Waals surface area contributed by atoms with Crippen molar-refractivity contribution in [1.29, 1.82) is 0 Å². The normalized spacial score (nSPS) is 38.0. The summed E-state index contributed by atoms with van der Waals surface area (Å²) in [5.41, 5.74) is 2.06. The third-order valence-electron chi connectivity index (χ3n) is 7.15. The number of carbonyl (C=O) groups excluding carboxylic acids is 2.